The summed E-state index contributed by atoms with van der Waals surface area (Å²) in [5.41, 5.74) is 5.06. The van der Waals surface area contributed by atoms with Crippen LogP contribution in [0.1, 0.15) is 63.2 Å². The summed E-state index contributed by atoms with van der Waals surface area (Å²) in [6, 6.07) is 10.2. The van der Waals surface area contributed by atoms with Crippen molar-refractivity contribution in [2.45, 2.75) is 64.0 Å². The molecule has 1 aromatic carbocycles. The highest BCUT2D eigenvalue weighted by Gasteiger charge is 2.27. The van der Waals surface area contributed by atoms with Gasteiger partial charge in [-0.25, -0.2) is 0 Å². The van der Waals surface area contributed by atoms with E-state index in [1.54, 1.807) is 0 Å². The minimum atomic E-state index is 0.574. The second-order valence-electron chi connectivity index (χ2n) is 7.31. The second kappa shape index (κ2) is 5.47. The van der Waals surface area contributed by atoms with Crippen LogP contribution in [0.25, 0.3) is 22.2 Å². The summed E-state index contributed by atoms with van der Waals surface area (Å²) < 4.78 is 4.53. The van der Waals surface area contributed by atoms with E-state index >= 15 is 0 Å². The van der Waals surface area contributed by atoms with Gasteiger partial charge in [0.1, 0.15) is 0 Å². The number of hydrogen-bond donors (Lipinski definition) is 0. The number of rotatable bonds is 4. The fourth-order valence-electron chi connectivity index (χ4n) is 4.20. The van der Waals surface area contributed by atoms with E-state index < -0.39 is 0 Å². The molecule has 24 heavy (non-hydrogen) atoms. The van der Waals surface area contributed by atoms with Crippen LogP contribution in [0.5, 0.6) is 0 Å². The van der Waals surface area contributed by atoms with E-state index in [0.29, 0.717) is 12.1 Å². The zero-order valence-electron chi connectivity index (χ0n) is 14.3. The average molecular weight is 320 g/mol. The van der Waals surface area contributed by atoms with Crippen molar-refractivity contribution in [2.24, 2.45) is 0 Å². The Bertz CT molecular complexity index is 878. The monoisotopic (exact) mass is 320 g/mol. The molecule has 0 bridgehead atoms. The first-order chi connectivity index (χ1) is 11.8. The molecule has 0 atom stereocenters. The number of hydrogen-bond acceptors (Lipinski definition) is 2. The predicted molar refractivity (Wildman–Crippen MR) is 96.1 cm³/mol. The number of aryl methyl sites for hydroxylation is 1. The Kier molecular flexibility index (Phi) is 3.25. The van der Waals surface area contributed by atoms with Crippen molar-refractivity contribution in [3.05, 3.63) is 36.2 Å². The van der Waals surface area contributed by atoms with Gasteiger partial charge >= 0.3 is 0 Å². The maximum atomic E-state index is 4.89. The summed E-state index contributed by atoms with van der Waals surface area (Å²) in [6.45, 7) is 2.20. The van der Waals surface area contributed by atoms with Gasteiger partial charge in [-0.15, -0.1) is 0 Å². The molecule has 0 saturated heterocycles. The molecule has 0 N–H and O–H groups in total. The van der Waals surface area contributed by atoms with Crippen molar-refractivity contribution < 1.29 is 0 Å². The van der Waals surface area contributed by atoms with Gasteiger partial charge in [-0.3, -0.25) is 9.36 Å². The minimum absolute atomic E-state index is 0.574. The van der Waals surface area contributed by atoms with Gasteiger partial charge in [0.05, 0.1) is 29.0 Å². The highest BCUT2D eigenvalue weighted by molar-refractivity contribution is 5.86. The van der Waals surface area contributed by atoms with Gasteiger partial charge in [0.25, 0.3) is 0 Å². The van der Waals surface area contributed by atoms with Gasteiger partial charge < -0.3 is 0 Å². The molecule has 4 heteroatoms. The summed E-state index contributed by atoms with van der Waals surface area (Å²) >= 11 is 0. The van der Waals surface area contributed by atoms with Gasteiger partial charge in [-0.2, -0.15) is 10.2 Å². The first kappa shape index (κ1) is 14.3. The highest BCUT2D eigenvalue weighted by atomic mass is 15.3. The van der Waals surface area contributed by atoms with E-state index in [-0.39, 0.29) is 0 Å². The van der Waals surface area contributed by atoms with Crippen LogP contribution in [0, 0.1) is 0 Å². The van der Waals surface area contributed by atoms with Crippen molar-refractivity contribution in [3.63, 3.8) is 0 Å². The first-order valence-corrected chi connectivity index (χ1v) is 9.40. The molecule has 0 amide bonds. The van der Waals surface area contributed by atoms with Crippen molar-refractivity contribution in [2.75, 3.05) is 0 Å². The maximum absolute atomic E-state index is 4.89. The largest absolute Gasteiger partial charge is 0.262 e. The zero-order chi connectivity index (χ0) is 16.1. The van der Waals surface area contributed by atoms with Crippen LogP contribution in [0.2, 0.25) is 0 Å². The van der Waals surface area contributed by atoms with Crippen LogP contribution in [-0.4, -0.2) is 19.6 Å². The number of benzene rings is 1. The fraction of sp³-hybridized carbons (Fsp3) is 0.500. The van der Waals surface area contributed by atoms with Crippen molar-refractivity contribution >= 4 is 10.9 Å². The Morgan fingerprint density at radius 1 is 1.00 bits per heavy atom. The molecule has 2 fully saturated rings. The molecule has 0 aliphatic heterocycles. The van der Waals surface area contributed by atoms with Crippen molar-refractivity contribution in [3.8, 4) is 11.3 Å². The fourth-order valence-corrected chi connectivity index (χ4v) is 4.20. The van der Waals surface area contributed by atoms with Crippen LogP contribution in [0.3, 0.4) is 0 Å². The third-order valence-corrected chi connectivity index (χ3v) is 5.65. The first-order valence-electron chi connectivity index (χ1n) is 9.40. The van der Waals surface area contributed by atoms with Crippen LogP contribution in [-0.2, 0) is 6.42 Å². The number of fused-ring (bicyclic) bond motifs is 1. The van der Waals surface area contributed by atoms with Crippen LogP contribution < -0.4 is 0 Å². The second-order valence-corrected chi connectivity index (χ2v) is 7.31. The molecule has 0 spiro atoms. The molecule has 2 saturated carbocycles. The molecule has 3 aromatic rings. The Balaban J connectivity index is 1.63. The third kappa shape index (κ3) is 2.20. The molecule has 0 radical (unpaired) electrons. The van der Waals surface area contributed by atoms with Gasteiger partial charge in [0.2, 0.25) is 0 Å². The molecule has 2 aliphatic carbocycles. The SMILES string of the molecule is CCc1nn(C2CC2)c2cc(-c3ccnn3C3CCCC3)ccc12. The van der Waals surface area contributed by atoms with E-state index in [4.69, 9.17) is 5.10 Å². The lowest BCUT2D eigenvalue weighted by Gasteiger charge is -2.14. The topological polar surface area (TPSA) is 35.6 Å². The molecule has 0 unspecified atom stereocenters. The normalized spacial score (nSPS) is 18.7. The summed E-state index contributed by atoms with van der Waals surface area (Å²) in [5, 5.41) is 10.8. The molecule has 2 heterocycles. The van der Waals surface area contributed by atoms with Crippen molar-refractivity contribution in [1.82, 2.24) is 19.6 Å². The lowest BCUT2D eigenvalue weighted by molar-refractivity contribution is 0.472. The van der Waals surface area contributed by atoms with Gasteiger partial charge in [-0.1, -0.05) is 31.9 Å². The van der Waals surface area contributed by atoms with E-state index in [1.165, 1.54) is 66.4 Å². The highest BCUT2D eigenvalue weighted by Crippen LogP contribution is 2.39. The summed E-state index contributed by atoms with van der Waals surface area (Å²) in [4.78, 5) is 0. The lowest BCUT2D eigenvalue weighted by atomic mass is 10.1. The third-order valence-electron chi connectivity index (χ3n) is 5.65. The molecule has 2 aliphatic rings. The van der Waals surface area contributed by atoms with E-state index in [1.807, 2.05) is 6.20 Å². The molecule has 2 aromatic heterocycles. The molecule has 5 rings (SSSR count). The van der Waals surface area contributed by atoms with E-state index in [9.17, 15) is 0 Å². The lowest BCUT2D eigenvalue weighted by Crippen LogP contribution is -2.08. The Hall–Kier alpha value is -2.10. The molecular formula is C20H24N4. The summed E-state index contributed by atoms with van der Waals surface area (Å²) in [6.07, 6.45) is 10.7. The Morgan fingerprint density at radius 3 is 2.54 bits per heavy atom. The molecular weight excluding hydrogens is 296 g/mol. The van der Waals surface area contributed by atoms with Crippen LogP contribution >= 0.6 is 0 Å². The standard InChI is InChI=1S/C20H24N4/c1-2-18-17-10-7-14(13-20(17)24(22-18)16-8-9-16)19-11-12-21-23(19)15-5-3-4-6-15/h7,10-13,15-16H,2-6,8-9H2,1H3. The molecule has 4 nitrogen and oxygen atoms in total. The van der Waals surface area contributed by atoms with Gasteiger partial charge in [0, 0.05) is 17.1 Å². The summed E-state index contributed by atoms with van der Waals surface area (Å²) in [5.74, 6) is 0. The van der Waals surface area contributed by atoms with Crippen molar-refractivity contribution in [1.29, 1.82) is 0 Å². The minimum Gasteiger partial charge on any atom is -0.262 e. The Morgan fingerprint density at radius 2 is 1.79 bits per heavy atom. The molecule has 124 valence electrons. The quantitative estimate of drug-likeness (QED) is 0.684. The predicted octanol–water partition coefficient (Wildman–Crippen LogP) is 4.91. The van der Waals surface area contributed by atoms with Crippen LogP contribution in [0.4, 0.5) is 0 Å². The summed E-state index contributed by atoms with van der Waals surface area (Å²) in [7, 11) is 0. The van der Waals surface area contributed by atoms with E-state index in [0.717, 1.165) is 6.42 Å². The van der Waals surface area contributed by atoms with E-state index in [2.05, 4.69) is 45.7 Å². The number of aromatic nitrogens is 4. The maximum Gasteiger partial charge on any atom is 0.0700 e. The van der Waals surface area contributed by atoms with Gasteiger partial charge in [0.15, 0.2) is 0 Å². The zero-order valence-corrected chi connectivity index (χ0v) is 14.3. The average Bonchev–Trinajstić information content (AvgIpc) is 3.06. The van der Waals surface area contributed by atoms with Crippen LogP contribution in [0.15, 0.2) is 30.5 Å². The smallest absolute Gasteiger partial charge is 0.0700 e. The van der Waals surface area contributed by atoms with Gasteiger partial charge in [-0.05, 0) is 44.2 Å². The number of nitrogens with zero attached hydrogens (tertiary/aromatic N) is 4. The Labute approximate surface area is 142 Å².